The summed E-state index contributed by atoms with van der Waals surface area (Å²) in [4.78, 5) is 12.9. The van der Waals surface area contributed by atoms with Crippen molar-refractivity contribution in [3.63, 3.8) is 0 Å². The molecule has 2 aliphatic heterocycles. The number of aryl methyl sites for hydroxylation is 2. The molecule has 6 heteroatoms. The predicted octanol–water partition coefficient (Wildman–Crippen LogP) is 3.72. The summed E-state index contributed by atoms with van der Waals surface area (Å²) in [5.74, 6) is 0. The molecule has 186 valence electrons. The molecule has 0 bridgehead atoms. The van der Waals surface area contributed by atoms with Gasteiger partial charge in [-0.25, -0.2) is 0 Å². The molecule has 3 aliphatic rings. The van der Waals surface area contributed by atoms with E-state index in [9.17, 15) is 0 Å². The van der Waals surface area contributed by atoms with Crippen LogP contribution in [0.4, 0.5) is 0 Å². The lowest BCUT2D eigenvalue weighted by molar-refractivity contribution is 0.0383. The highest BCUT2D eigenvalue weighted by molar-refractivity contribution is 5.92. The van der Waals surface area contributed by atoms with Gasteiger partial charge in [0.05, 0.1) is 24.4 Å². The first-order valence-corrected chi connectivity index (χ1v) is 13.4. The van der Waals surface area contributed by atoms with Gasteiger partial charge in [0.2, 0.25) is 0 Å². The minimum Gasteiger partial charge on any atom is -0.379 e. The van der Waals surface area contributed by atoms with Crippen LogP contribution in [0.5, 0.6) is 0 Å². The summed E-state index contributed by atoms with van der Waals surface area (Å²) in [7, 11) is 2.22. The molecule has 4 heterocycles. The normalized spacial score (nSPS) is 23.7. The fraction of sp³-hybridized carbons (Fsp3) is 0.679. The number of allylic oxidation sites excluding steroid dienone is 1. The molecule has 0 radical (unpaired) electrons. The van der Waals surface area contributed by atoms with Crippen molar-refractivity contribution in [2.75, 3.05) is 59.0 Å². The quantitative estimate of drug-likeness (QED) is 0.650. The number of nitrogens with zero attached hydrogens (tertiary/aromatic N) is 5. The number of fused-ring (bicyclic) bond motifs is 1. The van der Waals surface area contributed by atoms with Gasteiger partial charge in [0.25, 0.3) is 0 Å². The zero-order valence-electron chi connectivity index (χ0n) is 21.7. The number of aromatic nitrogens is 2. The van der Waals surface area contributed by atoms with Crippen LogP contribution >= 0.6 is 0 Å². The molecular formula is C28H43N5O. The standard InChI is InChI=1S/C28H43N5O/c1-21(2)32-11-13-33(14-12-32)24-7-5-23(6-8-24)28-26-20-25(9-10-31-15-17-34-18-16-31)30(4)27(26)19-22(3)29-28/h5,19-21,24H,6-18H2,1-4H3. The highest BCUT2D eigenvalue weighted by Crippen LogP contribution is 2.34. The van der Waals surface area contributed by atoms with Gasteiger partial charge >= 0.3 is 0 Å². The Morgan fingerprint density at radius 2 is 1.82 bits per heavy atom. The Hall–Kier alpha value is -1.73. The van der Waals surface area contributed by atoms with E-state index in [4.69, 9.17) is 9.72 Å². The third-order valence-electron chi connectivity index (χ3n) is 8.34. The summed E-state index contributed by atoms with van der Waals surface area (Å²) < 4.78 is 7.91. The van der Waals surface area contributed by atoms with Gasteiger partial charge in [0.15, 0.2) is 0 Å². The van der Waals surface area contributed by atoms with Gasteiger partial charge in [-0.3, -0.25) is 19.7 Å². The largest absolute Gasteiger partial charge is 0.379 e. The lowest BCUT2D eigenvalue weighted by Gasteiger charge is -2.41. The molecule has 0 saturated carbocycles. The second kappa shape index (κ2) is 10.5. The van der Waals surface area contributed by atoms with Crippen LogP contribution in [0.25, 0.3) is 16.5 Å². The summed E-state index contributed by atoms with van der Waals surface area (Å²) in [6, 6.07) is 6.03. The Kier molecular flexibility index (Phi) is 7.40. The van der Waals surface area contributed by atoms with Gasteiger partial charge in [-0.05, 0) is 57.7 Å². The third-order valence-corrected chi connectivity index (χ3v) is 8.34. The molecule has 0 amide bonds. The predicted molar refractivity (Wildman–Crippen MR) is 140 cm³/mol. The molecule has 1 aliphatic carbocycles. The lowest BCUT2D eigenvalue weighted by atomic mass is 9.90. The maximum absolute atomic E-state index is 5.51. The van der Waals surface area contributed by atoms with Crippen LogP contribution in [-0.4, -0.2) is 95.4 Å². The molecular weight excluding hydrogens is 422 g/mol. The van der Waals surface area contributed by atoms with E-state index in [0.29, 0.717) is 12.1 Å². The molecule has 1 unspecified atom stereocenters. The Morgan fingerprint density at radius 3 is 2.50 bits per heavy atom. The van der Waals surface area contributed by atoms with E-state index in [1.165, 1.54) is 60.5 Å². The number of hydrogen-bond acceptors (Lipinski definition) is 5. The molecule has 0 N–H and O–H groups in total. The van der Waals surface area contributed by atoms with E-state index in [-0.39, 0.29) is 0 Å². The smallest absolute Gasteiger partial charge is 0.0755 e. The van der Waals surface area contributed by atoms with Gasteiger partial charge < -0.3 is 9.30 Å². The maximum Gasteiger partial charge on any atom is 0.0755 e. The zero-order chi connectivity index (χ0) is 23.7. The summed E-state index contributed by atoms with van der Waals surface area (Å²) in [5, 5.41) is 1.33. The third kappa shape index (κ3) is 5.11. The maximum atomic E-state index is 5.51. The van der Waals surface area contributed by atoms with E-state index in [2.05, 4.69) is 65.3 Å². The summed E-state index contributed by atoms with van der Waals surface area (Å²) in [5.41, 5.74) is 6.54. The van der Waals surface area contributed by atoms with E-state index >= 15 is 0 Å². The Bertz CT molecular complexity index is 1010. The van der Waals surface area contributed by atoms with Gasteiger partial charge in [-0.15, -0.1) is 0 Å². The van der Waals surface area contributed by atoms with Crippen LogP contribution in [0.15, 0.2) is 18.2 Å². The van der Waals surface area contributed by atoms with Crippen LogP contribution in [0.1, 0.15) is 50.2 Å². The molecule has 1 atom stereocenters. The average molecular weight is 466 g/mol. The Labute approximate surface area is 205 Å². The Balaban J connectivity index is 1.30. The van der Waals surface area contributed by atoms with Crippen molar-refractivity contribution in [2.24, 2.45) is 7.05 Å². The van der Waals surface area contributed by atoms with Crippen LogP contribution in [-0.2, 0) is 18.2 Å². The highest BCUT2D eigenvalue weighted by Gasteiger charge is 2.27. The van der Waals surface area contributed by atoms with Crippen molar-refractivity contribution < 1.29 is 4.74 Å². The average Bonchev–Trinajstić information content (AvgIpc) is 3.18. The van der Waals surface area contributed by atoms with E-state index in [1.54, 1.807) is 0 Å². The first-order valence-electron chi connectivity index (χ1n) is 13.4. The first kappa shape index (κ1) is 24.0. The number of hydrogen-bond donors (Lipinski definition) is 0. The van der Waals surface area contributed by atoms with Crippen LogP contribution < -0.4 is 0 Å². The van der Waals surface area contributed by atoms with Crippen LogP contribution in [0.2, 0.25) is 0 Å². The monoisotopic (exact) mass is 465 g/mol. The first-order chi connectivity index (χ1) is 16.5. The van der Waals surface area contributed by atoms with Crippen LogP contribution in [0, 0.1) is 6.92 Å². The molecule has 2 saturated heterocycles. The number of piperazine rings is 1. The molecule has 2 aromatic heterocycles. The minimum absolute atomic E-state index is 0.666. The topological polar surface area (TPSA) is 36.8 Å². The van der Waals surface area contributed by atoms with Crippen molar-refractivity contribution in [1.29, 1.82) is 0 Å². The van der Waals surface area contributed by atoms with Gasteiger partial charge in [0.1, 0.15) is 0 Å². The Morgan fingerprint density at radius 1 is 1.06 bits per heavy atom. The van der Waals surface area contributed by atoms with Gasteiger partial charge in [-0.2, -0.15) is 0 Å². The summed E-state index contributed by atoms with van der Waals surface area (Å²) >= 11 is 0. The fourth-order valence-corrected chi connectivity index (χ4v) is 6.07. The summed E-state index contributed by atoms with van der Waals surface area (Å²) in [6.07, 6.45) is 7.13. The van der Waals surface area contributed by atoms with E-state index in [0.717, 1.165) is 57.8 Å². The SMILES string of the molecule is Cc1cc2c(cc(CCN3CCOCC3)n2C)c(C2=CCC(N3CCN(C(C)C)CC3)CC2)n1. The van der Waals surface area contributed by atoms with Crippen molar-refractivity contribution in [2.45, 2.75) is 58.5 Å². The van der Waals surface area contributed by atoms with Crippen molar-refractivity contribution in [1.82, 2.24) is 24.3 Å². The van der Waals surface area contributed by atoms with Gasteiger partial charge in [-0.1, -0.05) is 6.08 Å². The van der Waals surface area contributed by atoms with E-state index in [1.807, 2.05) is 0 Å². The fourth-order valence-electron chi connectivity index (χ4n) is 6.07. The number of rotatable bonds is 6. The van der Waals surface area contributed by atoms with Crippen molar-refractivity contribution in [3.05, 3.63) is 35.3 Å². The van der Waals surface area contributed by atoms with E-state index < -0.39 is 0 Å². The van der Waals surface area contributed by atoms with Crippen molar-refractivity contribution in [3.8, 4) is 0 Å². The highest BCUT2D eigenvalue weighted by atomic mass is 16.5. The lowest BCUT2D eigenvalue weighted by Crippen LogP contribution is -2.52. The van der Waals surface area contributed by atoms with Crippen molar-refractivity contribution >= 4 is 16.5 Å². The molecule has 2 aromatic rings. The zero-order valence-corrected chi connectivity index (χ0v) is 21.7. The summed E-state index contributed by atoms with van der Waals surface area (Å²) in [6.45, 7) is 16.6. The molecule has 6 nitrogen and oxygen atoms in total. The van der Waals surface area contributed by atoms with Crippen LogP contribution in [0.3, 0.4) is 0 Å². The second-order valence-electron chi connectivity index (χ2n) is 10.8. The molecule has 34 heavy (non-hydrogen) atoms. The number of ether oxygens (including phenoxy) is 1. The number of pyridine rings is 1. The molecule has 0 aromatic carbocycles. The molecule has 0 spiro atoms. The number of morpholine rings is 1. The van der Waals surface area contributed by atoms with Gasteiger partial charge in [0, 0.05) is 88.1 Å². The second-order valence-corrected chi connectivity index (χ2v) is 10.8. The minimum atomic E-state index is 0.666. The molecule has 5 rings (SSSR count). The molecule has 2 fully saturated rings.